The molecule has 2 rings (SSSR count). The molecule has 0 fully saturated rings. The summed E-state index contributed by atoms with van der Waals surface area (Å²) in [7, 11) is 1.55. The molecule has 0 N–H and O–H groups in total. The molecular weight excluding hydrogens is 288 g/mol. The lowest BCUT2D eigenvalue weighted by Gasteiger charge is -2.14. The molecule has 23 heavy (non-hydrogen) atoms. The number of Topliss-reactive ketones (excluding diaryl/α,β-unsaturated/α-hetero) is 2. The van der Waals surface area contributed by atoms with Crippen molar-refractivity contribution >= 4 is 11.6 Å². The van der Waals surface area contributed by atoms with Gasteiger partial charge in [0, 0.05) is 24.7 Å². The number of ketones is 2. The van der Waals surface area contributed by atoms with Gasteiger partial charge in [-0.2, -0.15) is 0 Å². The summed E-state index contributed by atoms with van der Waals surface area (Å²) in [5.74, 6) is -0.545. The number of benzene rings is 2. The quantitative estimate of drug-likeness (QED) is 0.725. The lowest BCUT2D eigenvalue weighted by molar-refractivity contribution is 0.0741. The molecule has 0 heterocycles. The van der Waals surface area contributed by atoms with E-state index in [0.717, 1.165) is 11.1 Å². The summed E-state index contributed by atoms with van der Waals surface area (Å²) in [6.07, 6.45) is 0.156. The molecule has 0 aliphatic rings. The minimum Gasteiger partial charge on any atom is -0.384 e. The van der Waals surface area contributed by atoms with Gasteiger partial charge in [-0.3, -0.25) is 9.59 Å². The topological polar surface area (TPSA) is 43.4 Å². The number of hydrogen-bond acceptors (Lipinski definition) is 3. The van der Waals surface area contributed by atoms with Gasteiger partial charge in [-0.25, -0.2) is 0 Å². The molecule has 0 radical (unpaired) electrons. The molecule has 0 aromatic heterocycles. The van der Waals surface area contributed by atoms with Crippen molar-refractivity contribution in [1.82, 2.24) is 0 Å². The summed E-state index contributed by atoms with van der Waals surface area (Å²) in [5, 5.41) is 0. The molecule has 2 aromatic rings. The van der Waals surface area contributed by atoms with E-state index in [-0.39, 0.29) is 24.6 Å². The lowest BCUT2D eigenvalue weighted by Crippen LogP contribution is -2.23. The van der Waals surface area contributed by atoms with E-state index in [9.17, 15) is 9.59 Å². The Kier molecular flexibility index (Phi) is 5.83. The second-order valence-electron chi connectivity index (χ2n) is 5.88. The molecule has 0 aliphatic carbocycles. The van der Waals surface area contributed by atoms with Crippen molar-refractivity contribution in [2.45, 2.75) is 20.3 Å². The number of hydrogen-bond donors (Lipinski definition) is 0. The normalized spacial score (nSPS) is 12.0. The van der Waals surface area contributed by atoms with Crippen molar-refractivity contribution in [1.29, 1.82) is 0 Å². The largest absolute Gasteiger partial charge is 0.384 e. The van der Waals surface area contributed by atoms with Crippen molar-refractivity contribution in [3.05, 3.63) is 70.8 Å². The number of ether oxygens (including phenoxy) is 1. The summed E-state index contributed by atoms with van der Waals surface area (Å²) in [5.41, 5.74) is 3.45. The van der Waals surface area contributed by atoms with Gasteiger partial charge in [-0.05, 0) is 13.8 Å². The first kappa shape index (κ1) is 17.1. The number of carbonyl (C=O) groups excluding carboxylic acids is 2. The van der Waals surface area contributed by atoms with E-state index in [0.29, 0.717) is 11.1 Å². The summed E-state index contributed by atoms with van der Waals surface area (Å²) >= 11 is 0. The third-order valence-electron chi connectivity index (χ3n) is 3.88. The second-order valence-corrected chi connectivity index (χ2v) is 5.88. The first-order chi connectivity index (χ1) is 11.0. The predicted molar refractivity (Wildman–Crippen MR) is 91.0 cm³/mol. The van der Waals surface area contributed by atoms with Crippen LogP contribution in [-0.2, 0) is 4.74 Å². The number of rotatable bonds is 7. The van der Waals surface area contributed by atoms with E-state index in [1.807, 2.05) is 38.1 Å². The molecular formula is C20H22O3. The zero-order chi connectivity index (χ0) is 16.8. The summed E-state index contributed by atoms with van der Waals surface area (Å²) in [4.78, 5) is 25.1. The third kappa shape index (κ3) is 4.60. The highest BCUT2D eigenvalue weighted by Gasteiger charge is 2.23. The Morgan fingerprint density at radius 2 is 1.35 bits per heavy atom. The van der Waals surface area contributed by atoms with Gasteiger partial charge < -0.3 is 4.74 Å². The smallest absolute Gasteiger partial charge is 0.168 e. The maximum absolute atomic E-state index is 12.6. The maximum atomic E-state index is 12.6. The summed E-state index contributed by atoms with van der Waals surface area (Å²) < 4.78 is 5.15. The fraction of sp³-hybridized carbons (Fsp3) is 0.300. The molecule has 1 unspecified atom stereocenters. The highest BCUT2D eigenvalue weighted by atomic mass is 16.5. The van der Waals surface area contributed by atoms with Gasteiger partial charge in [0.25, 0.3) is 0 Å². The Morgan fingerprint density at radius 1 is 0.870 bits per heavy atom. The van der Waals surface area contributed by atoms with E-state index in [2.05, 4.69) is 0 Å². The molecule has 3 nitrogen and oxygen atoms in total. The Hall–Kier alpha value is -2.26. The summed E-state index contributed by atoms with van der Waals surface area (Å²) in [6, 6.07) is 14.8. The van der Waals surface area contributed by atoms with Crippen LogP contribution in [0.4, 0.5) is 0 Å². The standard InChI is InChI=1S/C20H22O3/c1-14-4-8-16(9-5-14)19(21)12-18(13-23-3)20(22)17-10-6-15(2)7-11-17/h4-11,18H,12-13H2,1-3H3. The predicted octanol–water partition coefficient (Wildman–Crippen LogP) is 4.02. The monoisotopic (exact) mass is 310 g/mol. The minimum atomic E-state index is -0.462. The van der Waals surface area contributed by atoms with Gasteiger partial charge in [0.15, 0.2) is 11.6 Å². The van der Waals surface area contributed by atoms with Crippen LogP contribution in [0.5, 0.6) is 0 Å². The van der Waals surface area contributed by atoms with Crippen LogP contribution in [0, 0.1) is 19.8 Å². The van der Waals surface area contributed by atoms with E-state index < -0.39 is 5.92 Å². The molecule has 0 spiro atoms. The van der Waals surface area contributed by atoms with Crippen LogP contribution >= 0.6 is 0 Å². The van der Waals surface area contributed by atoms with Gasteiger partial charge in [-0.15, -0.1) is 0 Å². The van der Waals surface area contributed by atoms with Crippen LogP contribution in [-0.4, -0.2) is 25.3 Å². The van der Waals surface area contributed by atoms with Crippen molar-refractivity contribution in [3.8, 4) is 0 Å². The van der Waals surface area contributed by atoms with Crippen LogP contribution in [0.15, 0.2) is 48.5 Å². The van der Waals surface area contributed by atoms with Gasteiger partial charge >= 0.3 is 0 Å². The Morgan fingerprint density at radius 3 is 1.83 bits per heavy atom. The zero-order valence-electron chi connectivity index (χ0n) is 13.8. The van der Waals surface area contributed by atoms with Crippen molar-refractivity contribution in [2.24, 2.45) is 5.92 Å². The Bertz CT molecular complexity index is 669. The number of aryl methyl sites for hydroxylation is 2. The molecule has 2 aromatic carbocycles. The second kappa shape index (κ2) is 7.84. The van der Waals surface area contributed by atoms with E-state index in [4.69, 9.17) is 4.74 Å². The van der Waals surface area contributed by atoms with Crippen LogP contribution in [0.25, 0.3) is 0 Å². The highest BCUT2D eigenvalue weighted by Crippen LogP contribution is 2.17. The highest BCUT2D eigenvalue weighted by molar-refractivity contribution is 6.03. The minimum absolute atomic E-state index is 0.0347. The maximum Gasteiger partial charge on any atom is 0.168 e. The fourth-order valence-corrected chi connectivity index (χ4v) is 2.46. The molecule has 1 atom stereocenters. The van der Waals surface area contributed by atoms with Crippen molar-refractivity contribution in [2.75, 3.05) is 13.7 Å². The Balaban J connectivity index is 2.14. The number of methoxy groups -OCH3 is 1. The molecule has 0 saturated carbocycles. The SMILES string of the molecule is COCC(CC(=O)c1ccc(C)cc1)C(=O)c1ccc(C)cc1. The number of carbonyl (C=O) groups is 2. The Labute approximate surface area is 137 Å². The van der Waals surface area contributed by atoms with Crippen LogP contribution < -0.4 is 0 Å². The first-order valence-electron chi connectivity index (χ1n) is 7.71. The molecule has 120 valence electrons. The average molecular weight is 310 g/mol. The van der Waals surface area contributed by atoms with E-state index >= 15 is 0 Å². The van der Waals surface area contributed by atoms with Crippen LogP contribution in [0.1, 0.15) is 38.3 Å². The van der Waals surface area contributed by atoms with Crippen LogP contribution in [0.3, 0.4) is 0 Å². The van der Waals surface area contributed by atoms with E-state index in [1.54, 1.807) is 31.4 Å². The zero-order valence-corrected chi connectivity index (χ0v) is 13.8. The molecule has 0 bridgehead atoms. The van der Waals surface area contributed by atoms with Gasteiger partial charge in [0.2, 0.25) is 0 Å². The van der Waals surface area contributed by atoms with Gasteiger partial charge in [-0.1, -0.05) is 59.7 Å². The van der Waals surface area contributed by atoms with Crippen molar-refractivity contribution in [3.63, 3.8) is 0 Å². The average Bonchev–Trinajstić information content (AvgIpc) is 2.55. The van der Waals surface area contributed by atoms with Crippen molar-refractivity contribution < 1.29 is 14.3 Å². The summed E-state index contributed by atoms with van der Waals surface area (Å²) in [6.45, 7) is 4.19. The fourth-order valence-electron chi connectivity index (χ4n) is 2.46. The molecule has 0 amide bonds. The van der Waals surface area contributed by atoms with E-state index in [1.165, 1.54) is 0 Å². The first-order valence-corrected chi connectivity index (χ1v) is 7.71. The molecule has 0 saturated heterocycles. The van der Waals surface area contributed by atoms with Crippen LogP contribution in [0.2, 0.25) is 0 Å². The third-order valence-corrected chi connectivity index (χ3v) is 3.88. The van der Waals surface area contributed by atoms with Gasteiger partial charge in [0.05, 0.1) is 12.5 Å². The molecule has 3 heteroatoms. The van der Waals surface area contributed by atoms with Gasteiger partial charge in [0.1, 0.15) is 0 Å². The lowest BCUT2D eigenvalue weighted by atomic mass is 9.91. The molecule has 0 aliphatic heterocycles.